The Morgan fingerprint density at radius 1 is 1.41 bits per heavy atom. The number of nitrogens with one attached hydrogen (secondary N) is 2. The summed E-state index contributed by atoms with van der Waals surface area (Å²) in [6.45, 7) is 4.18. The highest BCUT2D eigenvalue weighted by atomic mass is 16.5. The number of aryl methyl sites for hydroxylation is 1. The fraction of sp³-hybridized carbons (Fsp3) is 0.308. The quantitative estimate of drug-likeness (QED) is 0.850. The monoisotopic (exact) mass is 231 g/mol. The van der Waals surface area contributed by atoms with Crippen LogP contribution in [0.25, 0.3) is 0 Å². The lowest BCUT2D eigenvalue weighted by Gasteiger charge is -2.17. The topological polar surface area (TPSA) is 49.9 Å². The van der Waals surface area contributed by atoms with Crippen molar-refractivity contribution in [2.75, 3.05) is 12.4 Å². The van der Waals surface area contributed by atoms with Gasteiger partial charge in [0.2, 0.25) is 0 Å². The lowest BCUT2D eigenvalue weighted by molar-refractivity contribution is 0.408. The first-order valence-electron chi connectivity index (χ1n) is 5.60. The zero-order valence-corrected chi connectivity index (χ0v) is 10.3. The summed E-state index contributed by atoms with van der Waals surface area (Å²) in [5.41, 5.74) is 3.34. The van der Waals surface area contributed by atoms with Crippen molar-refractivity contribution in [1.82, 2.24) is 10.2 Å². The Morgan fingerprint density at radius 2 is 2.24 bits per heavy atom. The minimum Gasteiger partial charge on any atom is -0.496 e. The summed E-state index contributed by atoms with van der Waals surface area (Å²) in [4.78, 5) is 0. The molecule has 4 nitrogen and oxygen atoms in total. The van der Waals surface area contributed by atoms with Crippen LogP contribution in [0.5, 0.6) is 5.75 Å². The van der Waals surface area contributed by atoms with E-state index in [-0.39, 0.29) is 6.04 Å². The van der Waals surface area contributed by atoms with Crippen LogP contribution in [-0.2, 0) is 0 Å². The van der Waals surface area contributed by atoms with Gasteiger partial charge in [0, 0.05) is 11.8 Å². The summed E-state index contributed by atoms with van der Waals surface area (Å²) in [5.74, 6) is 0.902. The van der Waals surface area contributed by atoms with Crippen molar-refractivity contribution in [1.29, 1.82) is 0 Å². The van der Waals surface area contributed by atoms with Gasteiger partial charge in [0.1, 0.15) is 5.75 Å². The molecule has 0 aliphatic carbocycles. The molecule has 0 aliphatic heterocycles. The molecule has 2 aromatic rings. The fourth-order valence-corrected chi connectivity index (χ4v) is 1.85. The van der Waals surface area contributed by atoms with E-state index in [4.69, 9.17) is 4.74 Å². The summed E-state index contributed by atoms with van der Waals surface area (Å²) in [6.07, 6.45) is 3.59. The molecule has 1 unspecified atom stereocenters. The van der Waals surface area contributed by atoms with Gasteiger partial charge in [-0.3, -0.25) is 5.10 Å². The summed E-state index contributed by atoms with van der Waals surface area (Å²) >= 11 is 0. The normalized spacial score (nSPS) is 12.2. The number of ether oxygens (including phenoxy) is 1. The van der Waals surface area contributed by atoms with E-state index >= 15 is 0 Å². The second-order valence-electron chi connectivity index (χ2n) is 4.10. The number of H-pyrrole nitrogens is 1. The van der Waals surface area contributed by atoms with Crippen LogP contribution < -0.4 is 10.1 Å². The van der Waals surface area contributed by atoms with Crippen LogP contribution in [-0.4, -0.2) is 17.3 Å². The molecule has 1 heterocycles. The number of aromatic amines is 1. The third-order valence-corrected chi connectivity index (χ3v) is 2.73. The predicted octanol–water partition coefficient (Wildman–Crippen LogP) is 2.90. The molecule has 2 rings (SSSR count). The maximum Gasteiger partial charge on any atom is 0.124 e. The van der Waals surface area contributed by atoms with Crippen molar-refractivity contribution in [2.45, 2.75) is 19.9 Å². The minimum atomic E-state index is 0.169. The van der Waals surface area contributed by atoms with Gasteiger partial charge >= 0.3 is 0 Å². The van der Waals surface area contributed by atoms with Crippen LogP contribution in [0.2, 0.25) is 0 Å². The van der Waals surface area contributed by atoms with E-state index < -0.39 is 0 Å². The summed E-state index contributed by atoms with van der Waals surface area (Å²) in [6, 6.07) is 6.35. The minimum absolute atomic E-state index is 0.169. The largest absolute Gasteiger partial charge is 0.496 e. The Bertz CT molecular complexity index is 479. The number of rotatable bonds is 4. The van der Waals surface area contributed by atoms with Gasteiger partial charge < -0.3 is 10.1 Å². The van der Waals surface area contributed by atoms with Crippen LogP contribution in [0.4, 0.5) is 5.69 Å². The van der Waals surface area contributed by atoms with E-state index in [1.165, 1.54) is 5.56 Å². The van der Waals surface area contributed by atoms with Gasteiger partial charge in [-0.1, -0.05) is 17.7 Å². The van der Waals surface area contributed by atoms with E-state index in [2.05, 4.69) is 35.4 Å². The van der Waals surface area contributed by atoms with Crippen molar-refractivity contribution in [3.8, 4) is 5.75 Å². The summed E-state index contributed by atoms with van der Waals surface area (Å²) < 4.78 is 5.38. The van der Waals surface area contributed by atoms with E-state index in [1.807, 2.05) is 18.3 Å². The number of hydrogen-bond acceptors (Lipinski definition) is 3. The summed E-state index contributed by atoms with van der Waals surface area (Å²) in [7, 11) is 1.69. The highest BCUT2D eigenvalue weighted by Gasteiger charge is 2.11. The first-order chi connectivity index (χ1) is 8.20. The van der Waals surface area contributed by atoms with Gasteiger partial charge in [-0.25, -0.2) is 0 Å². The molecule has 0 saturated heterocycles. The molecule has 2 N–H and O–H groups in total. The van der Waals surface area contributed by atoms with Crippen LogP contribution in [0.15, 0.2) is 30.6 Å². The van der Waals surface area contributed by atoms with Gasteiger partial charge in [-0.15, -0.1) is 0 Å². The lowest BCUT2D eigenvalue weighted by atomic mass is 10.0. The van der Waals surface area contributed by atoms with Gasteiger partial charge in [-0.2, -0.15) is 5.10 Å². The average Bonchev–Trinajstić information content (AvgIpc) is 2.81. The molecule has 17 heavy (non-hydrogen) atoms. The van der Waals surface area contributed by atoms with Crippen molar-refractivity contribution >= 4 is 5.69 Å². The number of methoxy groups -OCH3 is 1. The molecule has 0 fully saturated rings. The number of anilines is 1. The molecule has 0 amide bonds. The smallest absolute Gasteiger partial charge is 0.124 e. The van der Waals surface area contributed by atoms with E-state index in [0.29, 0.717) is 0 Å². The second-order valence-corrected chi connectivity index (χ2v) is 4.10. The molecule has 1 aromatic heterocycles. The number of nitrogens with zero attached hydrogens (tertiary/aromatic N) is 1. The maximum atomic E-state index is 5.38. The van der Waals surface area contributed by atoms with Crippen LogP contribution in [0, 0.1) is 6.92 Å². The molecule has 4 heteroatoms. The van der Waals surface area contributed by atoms with Crippen molar-refractivity contribution < 1.29 is 4.74 Å². The molecular formula is C13H17N3O. The Morgan fingerprint density at radius 3 is 2.88 bits per heavy atom. The molecule has 0 bridgehead atoms. The average molecular weight is 231 g/mol. The standard InChI is InChI=1S/C13H17N3O/c1-9-4-5-13(17-3)12(6-9)10(2)16-11-7-14-15-8-11/h4-8,10,16H,1-3H3,(H,14,15). The van der Waals surface area contributed by atoms with E-state index in [0.717, 1.165) is 17.0 Å². The third-order valence-electron chi connectivity index (χ3n) is 2.73. The highest BCUT2D eigenvalue weighted by Crippen LogP contribution is 2.28. The van der Waals surface area contributed by atoms with Crippen LogP contribution in [0.3, 0.4) is 0 Å². The molecule has 1 atom stereocenters. The van der Waals surface area contributed by atoms with Gasteiger partial charge in [0.05, 0.1) is 25.0 Å². The maximum absolute atomic E-state index is 5.38. The van der Waals surface area contributed by atoms with Gasteiger partial charge in [0.25, 0.3) is 0 Å². The van der Waals surface area contributed by atoms with Gasteiger partial charge in [-0.05, 0) is 19.9 Å². The van der Waals surface area contributed by atoms with Crippen molar-refractivity contribution in [3.63, 3.8) is 0 Å². The molecular weight excluding hydrogens is 214 g/mol. The number of aromatic nitrogens is 2. The molecule has 1 aromatic carbocycles. The van der Waals surface area contributed by atoms with Gasteiger partial charge in [0.15, 0.2) is 0 Å². The van der Waals surface area contributed by atoms with Crippen molar-refractivity contribution in [2.24, 2.45) is 0 Å². The molecule has 0 aliphatic rings. The molecule has 0 saturated carbocycles. The fourth-order valence-electron chi connectivity index (χ4n) is 1.85. The number of benzene rings is 1. The Hall–Kier alpha value is -1.97. The molecule has 90 valence electrons. The number of hydrogen-bond donors (Lipinski definition) is 2. The zero-order chi connectivity index (χ0) is 12.3. The second kappa shape index (κ2) is 4.91. The zero-order valence-electron chi connectivity index (χ0n) is 10.3. The van der Waals surface area contributed by atoms with Crippen LogP contribution in [0.1, 0.15) is 24.1 Å². The third kappa shape index (κ3) is 2.58. The van der Waals surface area contributed by atoms with Crippen LogP contribution >= 0.6 is 0 Å². The molecule has 0 spiro atoms. The molecule has 0 radical (unpaired) electrons. The Kier molecular flexibility index (Phi) is 3.32. The van der Waals surface area contributed by atoms with Crippen molar-refractivity contribution in [3.05, 3.63) is 41.7 Å². The Balaban J connectivity index is 2.23. The lowest BCUT2D eigenvalue weighted by Crippen LogP contribution is -2.08. The first-order valence-corrected chi connectivity index (χ1v) is 5.60. The summed E-state index contributed by atoms with van der Waals surface area (Å²) in [5, 5.41) is 10.1. The van der Waals surface area contributed by atoms with E-state index in [1.54, 1.807) is 13.3 Å². The van der Waals surface area contributed by atoms with E-state index in [9.17, 15) is 0 Å². The SMILES string of the molecule is COc1ccc(C)cc1C(C)Nc1cn[nH]c1. The first kappa shape index (κ1) is 11.5. The highest BCUT2D eigenvalue weighted by molar-refractivity contribution is 5.46. The predicted molar refractivity (Wildman–Crippen MR) is 68.4 cm³/mol. The Labute approximate surface area is 101 Å².